The van der Waals surface area contributed by atoms with Crippen LogP contribution in [0.2, 0.25) is 0 Å². The summed E-state index contributed by atoms with van der Waals surface area (Å²) in [4.78, 5) is 4.30. The summed E-state index contributed by atoms with van der Waals surface area (Å²) in [5.41, 5.74) is 1.05. The lowest BCUT2D eigenvalue weighted by molar-refractivity contribution is 0.537. The topological polar surface area (TPSA) is 84.0 Å². The molecule has 0 aliphatic carbocycles. The van der Waals surface area contributed by atoms with Crippen molar-refractivity contribution in [2.45, 2.75) is 24.3 Å². The molecule has 1 unspecified atom stereocenters. The third-order valence-electron chi connectivity index (χ3n) is 3.78. The molecule has 6 nitrogen and oxygen atoms in total. The number of halogens is 1. The highest BCUT2D eigenvalue weighted by molar-refractivity contribution is 7.89. The molecule has 140 valence electrons. The largest absolute Gasteiger partial charge is 0.315 e. The van der Waals surface area contributed by atoms with E-state index in [-0.39, 0.29) is 23.3 Å². The average molecular weight is 413 g/mol. The molecule has 2 N–H and O–H groups in total. The van der Waals surface area contributed by atoms with Crippen LogP contribution < -0.4 is 10.0 Å². The van der Waals surface area contributed by atoms with Crippen LogP contribution in [0, 0.1) is 0 Å². The molecule has 1 aromatic carbocycles. The van der Waals surface area contributed by atoms with Gasteiger partial charge in [-0.3, -0.25) is 4.98 Å². The Kier molecular flexibility index (Phi) is 7.48. The maximum Gasteiger partial charge on any atom is 0.240 e. The molecule has 2 heterocycles. The summed E-state index contributed by atoms with van der Waals surface area (Å²) in [5, 5.41) is 6.98. The molecule has 1 atom stereocenters. The van der Waals surface area contributed by atoms with E-state index in [2.05, 4.69) is 19.4 Å². The lowest BCUT2D eigenvalue weighted by Gasteiger charge is -2.15. The molecule has 0 aliphatic heterocycles. The van der Waals surface area contributed by atoms with Gasteiger partial charge in [0, 0.05) is 48.7 Å². The van der Waals surface area contributed by atoms with Gasteiger partial charge >= 0.3 is 0 Å². The number of nitrogens with one attached hydrogen (secondary N) is 2. The normalized spacial score (nSPS) is 12.7. The van der Waals surface area contributed by atoms with Crippen LogP contribution in [0.25, 0.3) is 10.8 Å². The van der Waals surface area contributed by atoms with Crippen molar-refractivity contribution >= 4 is 44.7 Å². The van der Waals surface area contributed by atoms with Crippen molar-refractivity contribution in [2.24, 2.45) is 0 Å². The third-order valence-corrected chi connectivity index (χ3v) is 5.96. The molecule has 0 radical (unpaired) electrons. The van der Waals surface area contributed by atoms with E-state index in [0.29, 0.717) is 6.54 Å². The Labute approximate surface area is 163 Å². The number of rotatable bonds is 8. The zero-order valence-corrected chi connectivity index (χ0v) is 16.7. The predicted molar refractivity (Wildman–Crippen MR) is 107 cm³/mol. The van der Waals surface area contributed by atoms with Gasteiger partial charge in [-0.15, -0.1) is 12.4 Å². The molecule has 0 saturated carbocycles. The first-order valence-electron chi connectivity index (χ1n) is 8.01. The fourth-order valence-corrected chi connectivity index (χ4v) is 4.35. The Morgan fingerprint density at radius 1 is 1.19 bits per heavy atom. The maximum absolute atomic E-state index is 12.5. The van der Waals surface area contributed by atoms with E-state index in [1.54, 1.807) is 36.7 Å². The van der Waals surface area contributed by atoms with Gasteiger partial charge in [0.15, 0.2) is 0 Å². The average Bonchev–Trinajstić information content (AvgIpc) is 3.11. The van der Waals surface area contributed by atoms with Gasteiger partial charge in [-0.2, -0.15) is 4.37 Å². The smallest absolute Gasteiger partial charge is 0.240 e. The van der Waals surface area contributed by atoms with E-state index in [1.165, 1.54) is 11.5 Å². The molecule has 0 bridgehead atoms. The number of hydrogen-bond donors (Lipinski definition) is 2. The molecule has 0 saturated heterocycles. The van der Waals surface area contributed by atoms with Crippen LogP contribution in [0.1, 0.15) is 12.6 Å². The second kappa shape index (κ2) is 9.38. The highest BCUT2D eigenvalue weighted by atomic mass is 35.5. The Bertz CT molecular complexity index is 933. The molecule has 3 rings (SSSR count). The minimum Gasteiger partial charge on any atom is -0.315 e. The maximum atomic E-state index is 12.5. The van der Waals surface area contributed by atoms with Gasteiger partial charge in [-0.25, -0.2) is 13.1 Å². The van der Waals surface area contributed by atoms with E-state index < -0.39 is 10.0 Å². The summed E-state index contributed by atoms with van der Waals surface area (Å²) in [5.74, 6) is 0. The van der Waals surface area contributed by atoms with E-state index in [0.717, 1.165) is 29.4 Å². The number of fused-ring (bicyclic) bond motifs is 1. The summed E-state index contributed by atoms with van der Waals surface area (Å²) in [6.07, 6.45) is 4.21. The minimum atomic E-state index is -3.55. The van der Waals surface area contributed by atoms with Crippen LogP contribution in [0.15, 0.2) is 53.0 Å². The van der Waals surface area contributed by atoms with Crippen molar-refractivity contribution in [3.63, 3.8) is 0 Å². The van der Waals surface area contributed by atoms with Gasteiger partial charge in [0.1, 0.15) is 0 Å². The molecule has 3 aromatic rings. The number of pyridine rings is 1. The fraction of sp³-hybridized carbons (Fsp3) is 0.294. The van der Waals surface area contributed by atoms with Crippen LogP contribution in [-0.2, 0) is 16.4 Å². The van der Waals surface area contributed by atoms with Gasteiger partial charge in [-0.05, 0) is 48.1 Å². The van der Waals surface area contributed by atoms with E-state index >= 15 is 0 Å². The van der Waals surface area contributed by atoms with Crippen LogP contribution in [-0.4, -0.2) is 36.9 Å². The van der Waals surface area contributed by atoms with Crippen molar-refractivity contribution in [1.82, 2.24) is 19.4 Å². The second-order valence-corrected chi connectivity index (χ2v) is 8.23. The Hall–Kier alpha value is -1.58. The molecule has 0 aliphatic rings. The van der Waals surface area contributed by atoms with Crippen LogP contribution in [0.5, 0.6) is 0 Å². The number of nitrogens with zero attached hydrogens (tertiary/aromatic N) is 2. The highest BCUT2D eigenvalue weighted by Gasteiger charge is 2.17. The summed E-state index contributed by atoms with van der Waals surface area (Å²) in [6.45, 7) is 3.16. The minimum absolute atomic E-state index is 0. The first-order chi connectivity index (χ1) is 12.0. The van der Waals surface area contributed by atoms with Crippen molar-refractivity contribution in [3.8, 4) is 0 Å². The molecule has 9 heteroatoms. The van der Waals surface area contributed by atoms with Gasteiger partial charge in [-0.1, -0.05) is 6.07 Å². The highest BCUT2D eigenvalue weighted by Crippen LogP contribution is 2.18. The van der Waals surface area contributed by atoms with Gasteiger partial charge in [0.25, 0.3) is 0 Å². The number of hydrogen-bond acceptors (Lipinski definition) is 6. The monoisotopic (exact) mass is 412 g/mol. The number of benzene rings is 1. The molecular formula is C17H21ClN4O2S2. The summed E-state index contributed by atoms with van der Waals surface area (Å²) < 4.78 is 32.0. The summed E-state index contributed by atoms with van der Waals surface area (Å²) in [6, 6.07) is 8.63. The fourth-order valence-electron chi connectivity index (χ4n) is 2.50. The number of sulfonamides is 1. The Balaban J connectivity index is 0.00000243. The number of aromatic nitrogens is 2. The van der Waals surface area contributed by atoms with Gasteiger partial charge in [0.05, 0.1) is 10.6 Å². The molecular weight excluding hydrogens is 392 g/mol. The quantitative estimate of drug-likeness (QED) is 0.555. The second-order valence-electron chi connectivity index (χ2n) is 5.85. The SMILES string of the molecule is CC(CNCCc1ccsn1)NS(=O)(=O)c1ccc2cnccc2c1.Cl. The zero-order valence-electron chi connectivity index (χ0n) is 14.3. The molecule has 0 spiro atoms. The van der Waals surface area contributed by atoms with Crippen molar-refractivity contribution < 1.29 is 8.42 Å². The first kappa shape index (κ1) is 20.7. The van der Waals surface area contributed by atoms with Crippen molar-refractivity contribution in [1.29, 1.82) is 0 Å². The van der Waals surface area contributed by atoms with E-state index in [1.807, 2.05) is 18.4 Å². The van der Waals surface area contributed by atoms with E-state index in [4.69, 9.17) is 0 Å². The lowest BCUT2D eigenvalue weighted by atomic mass is 10.2. The van der Waals surface area contributed by atoms with Crippen molar-refractivity contribution in [2.75, 3.05) is 13.1 Å². The lowest BCUT2D eigenvalue weighted by Crippen LogP contribution is -2.40. The third kappa shape index (κ3) is 5.46. The van der Waals surface area contributed by atoms with E-state index in [9.17, 15) is 8.42 Å². The van der Waals surface area contributed by atoms with Gasteiger partial charge in [0.2, 0.25) is 10.0 Å². The van der Waals surface area contributed by atoms with Crippen molar-refractivity contribution in [3.05, 3.63) is 53.8 Å². The molecule has 2 aromatic heterocycles. The Morgan fingerprint density at radius 2 is 2.04 bits per heavy atom. The predicted octanol–water partition coefficient (Wildman–Crippen LogP) is 2.61. The zero-order chi connectivity index (χ0) is 17.7. The molecule has 0 fully saturated rings. The van der Waals surface area contributed by atoms with Gasteiger partial charge < -0.3 is 5.32 Å². The first-order valence-corrected chi connectivity index (χ1v) is 10.3. The van der Waals surface area contributed by atoms with Crippen LogP contribution in [0.4, 0.5) is 0 Å². The summed E-state index contributed by atoms with van der Waals surface area (Å²) >= 11 is 1.44. The summed E-state index contributed by atoms with van der Waals surface area (Å²) in [7, 11) is -3.55. The van der Waals surface area contributed by atoms with Crippen LogP contribution in [0.3, 0.4) is 0 Å². The molecule has 26 heavy (non-hydrogen) atoms. The Morgan fingerprint density at radius 3 is 2.81 bits per heavy atom. The standard InChI is InChI=1S/C17H20N4O2S2.ClH/c1-13(11-18-8-5-16-6-9-24-20-16)21-25(22,23)17-3-2-15-12-19-7-4-14(15)10-17;/h2-4,6-7,9-10,12-13,18,21H,5,8,11H2,1H3;1H. The molecule has 0 amide bonds. The van der Waals surface area contributed by atoms with Crippen LogP contribution >= 0.6 is 23.9 Å².